The number of halogens is 3. The normalized spacial score (nSPS) is 17.7. The number of rotatable bonds is 5. The maximum Gasteiger partial charge on any atom is 0.341 e. The van der Waals surface area contributed by atoms with Crippen molar-refractivity contribution in [1.29, 1.82) is 0 Å². The van der Waals surface area contributed by atoms with Crippen LogP contribution in [-0.4, -0.2) is 28.3 Å². The van der Waals surface area contributed by atoms with Crippen LogP contribution in [0.1, 0.15) is 18.0 Å². The Morgan fingerprint density at radius 3 is 2.30 bits per heavy atom. The second kappa shape index (κ2) is 7.67. The molecule has 1 atom stereocenters. The predicted octanol–water partition coefficient (Wildman–Crippen LogP) is 3.85. The zero-order chi connectivity index (χ0) is 19.8. The Balaban J connectivity index is 1.88. The van der Waals surface area contributed by atoms with Crippen LogP contribution in [0.3, 0.4) is 0 Å². The first-order chi connectivity index (χ1) is 12.6. The lowest BCUT2D eigenvalue weighted by Gasteiger charge is -2.26. The van der Waals surface area contributed by atoms with Gasteiger partial charge in [-0.05, 0) is 60.2 Å². The first-order valence-corrected chi connectivity index (χ1v) is 12.1. The third-order valence-corrected chi connectivity index (χ3v) is 8.25. The molecule has 0 saturated carbocycles. The molecule has 1 aliphatic rings. The van der Waals surface area contributed by atoms with E-state index in [9.17, 15) is 25.6 Å². The number of nitrogens with one attached hydrogen (secondary N) is 1. The van der Waals surface area contributed by atoms with Gasteiger partial charge < -0.3 is 0 Å². The third-order valence-electron chi connectivity index (χ3n) is 4.01. The third kappa shape index (κ3) is 4.29. The molecular formula is C16H14ClF2NO4S3. The molecule has 0 radical (unpaired) electrons. The standard InChI is InChI=1S/C16H14ClF2NO4S3/c17-10-1-6-15-13(9-10)14(7-8-25-15)20-27(23,24)12-4-2-11(3-5-12)26(21,22)16(18)19/h1-6,9,14,16,20H,7-8H2. The van der Waals surface area contributed by atoms with Crippen LogP contribution in [-0.2, 0) is 19.9 Å². The highest BCUT2D eigenvalue weighted by Crippen LogP contribution is 2.38. The van der Waals surface area contributed by atoms with Gasteiger partial charge in [-0.25, -0.2) is 21.6 Å². The number of benzene rings is 2. The van der Waals surface area contributed by atoms with Crippen molar-refractivity contribution >= 4 is 43.2 Å². The van der Waals surface area contributed by atoms with Gasteiger partial charge >= 0.3 is 5.76 Å². The maximum absolute atomic E-state index is 12.6. The lowest BCUT2D eigenvalue weighted by Crippen LogP contribution is -2.30. The van der Waals surface area contributed by atoms with E-state index in [1.807, 2.05) is 6.07 Å². The van der Waals surface area contributed by atoms with Crippen molar-refractivity contribution in [3.63, 3.8) is 0 Å². The summed E-state index contributed by atoms with van der Waals surface area (Å²) in [6.07, 6.45) is 0.551. The molecular weight excluding hydrogens is 440 g/mol. The largest absolute Gasteiger partial charge is 0.341 e. The molecule has 1 heterocycles. The van der Waals surface area contributed by atoms with E-state index in [2.05, 4.69) is 4.72 Å². The van der Waals surface area contributed by atoms with Crippen molar-refractivity contribution in [3.8, 4) is 0 Å². The van der Waals surface area contributed by atoms with Gasteiger partial charge in [0.2, 0.25) is 19.9 Å². The van der Waals surface area contributed by atoms with E-state index >= 15 is 0 Å². The van der Waals surface area contributed by atoms with Crippen molar-refractivity contribution in [2.75, 3.05) is 5.75 Å². The summed E-state index contributed by atoms with van der Waals surface area (Å²) in [5.74, 6) is -2.85. The highest BCUT2D eigenvalue weighted by atomic mass is 35.5. The zero-order valence-corrected chi connectivity index (χ0v) is 16.8. The Labute approximate surface area is 165 Å². The number of hydrogen-bond donors (Lipinski definition) is 1. The molecule has 2 aromatic carbocycles. The average Bonchev–Trinajstić information content (AvgIpc) is 2.62. The van der Waals surface area contributed by atoms with E-state index < -0.39 is 36.6 Å². The molecule has 146 valence electrons. The van der Waals surface area contributed by atoms with Crippen molar-refractivity contribution in [2.24, 2.45) is 0 Å². The highest BCUT2D eigenvalue weighted by Gasteiger charge is 2.29. The van der Waals surface area contributed by atoms with Crippen LogP contribution in [0.2, 0.25) is 5.02 Å². The van der Waals surface area contributed by atoms with Crippen LogP contribution >= 0.6 is 23.4 Å². The fourth-order valence-electron chi connectivity index (χ4n) is 2.65. The number of alkyl halides is 2. The molecule has 1 unspecified atom stereocenters. The molecule has 0 amide bonds. The van der Waals surface area contributed by atoms with Crippen LogP contribution in [0.25, 0.3) is 0 Å². The van der Waals surface area contributed by atoms with Crippen LogP contribution in [0, 0.1) is 0 Å². The lowest BCUT2D eigenvalue weighted by molar-refractivity contribution is 0.234. The van der Waals surface area contributed by atoms with E-state index in [-0.39, 0.29) is 4.90 Å². The van der Waals surface area contributed by atoms with Gasteiger partial charge in [0.15, 0.2) is 0 Å². The number of sulfone groups is 1. The Hall–Kier alpha value is -1.20. The Kier molecular flexibility index (Phi) is 5.83. The summed E-state index contributed by atoms with van der Waals surface area (Å²) >= 11 is 7.61. The predicted molar refractivity (Wildman–Crippen MR) is 99.5 cm³/mol. The fraction of sp³-hybridized carbons (Fsp3) is 0.250. The van der Waals surface area contributed by atoms with E-state index in [4.69, 9.17) is 11.6 Å². The second-order valence-corrected chi connectivity index (χ2v) is 11.0. The number of thioether (sulfide) groups is 1. The summed E-state index contributed by atoms with van der Waals surface area (Å²) in [6.45, 7) is 0. The number of sulfonamides is 1. The first kappa shape index (κ1) is 20.5. The van der Waals surface area contributed by atoms with Crippen molar-refractivity contribution in [2.45, 2.75) is 32.9 Å². The minimum atomic E-state index is -4.78. The van der Waals surface area contributed by atoms with Crippen LogP contribution < -0.4 is 4.72 Å². The van der Waals surface area contributed by atoms with Crippen LogP contribution in [0.4, 0.5) is 8.78 Å². The lowest BCUT2D eigenvalue weighted by atomic mass is 10.1. The Morgan fingerprint density at radius 2 is 1.67 bits per heavy atom. The minimum Gasteiger partial charge on any atom is -0.218 e. The van der Waals surface area contributed by atoms with Gasteiger partial charge in [0.1, 0.15) is 0 Å². The minimum absolute atomic E-state index is 0.211. The summed E-state index contributed by atoms with van der Waals surface area (Å²) in [5.41, 5.74) is 0.763. The molecule has 27 heavy (non-hydrogen) atoms. The Morgan fingerprint density at radius 1 is 1.04 bits per heavy atom. The quantitative estimate of drug-likeness (QED) is 0.743. The van der Waals surface area contributed by atoms with Crippen molar-refractivity contribution < 1.29 is 25.6 Å². The highest BCUT2D eigenvalue weighted by molar-refractivity contribution is 7.99. The van der Waals surface area contributed by atoms with Gasteiger partial charge in [-0.15, -0.1) is 11.8 Å². The summed E-state index contributed by atoms with van der Waals surface area (Å²) in [6, 6.07) is 8.47. The Bertz CT molecular complexity index is 1060. The molecule has 0 saturated heterocycles. The summed E-state index contributed by atoms with van der Waals surface area (Å²) in [5, 5.41) is 0.488. The maximum atomic E-state index is 12.6. The van der Waals surface area contributed by atoms with Gasteiger partial charge in [-0.3, -0.25) is 0 Å². The summed E-state index contributed by atoms with van der Waals surface area (Å²) in [7, 11) is -8.76. The van der Waals surface area contributed by atoms with Crippen LogP contribution in [0.5, 0.6) is 0 Å². The van der Waals surface area contributed by atoms with E-state index in [1.54, 1.807) is 23.9 Å². The molecule has 2 aromatic rings. The van der Waals surface area contributed by atoms with Gasteiger partial charge in [0.25, 0.3) is 0 Å². The number of fused-ring (bicyclic) bond motifs is 1. The summed E-state index contributed by atoms with van der Waals surface area (Å²) < 4.78 is 75.9. The van der Waals surface area contributed by atoms with Gasteiger partial charge in [0, 0.05) is 16.0 Å². The molecule has 0 spiro atoms. The molecule has 1 aliphatic heterocycles. The molecule has 0 aromatic heterocycles. The molecule has 1 N–H and O–H groups in total. The molecule has 3 rings (SSSR count). The smallest absolute Gasteiger partial charge is 0.218 e. The molecule has 0 fully saturated rings. The zero-order valence-electron chi connectivity index (χ0n) is 13.6. The molecule has 0 bridgehead atoms. The average molecular weight is 454 g/mol. The monoisotopic (exact) mass is 453 g/mol. The van der Waals surface area contributed by atoms with E-state index in [0.29, 0.717) is 17.2 Å². The number of hydrogen-bond acceptors (Lipinski definition) is 5. The molecule has 11 heteroatoms. The SMILES string of the molecule is O=S(=O)(NC1CCSc2ccc(Cl)cc21)c1ccc(S(=O)(=O)C(F)F)cc1. The van der Waals surface area contributed by atoms with Gasteiger partial charge in [-0.1, -0.05) is 11.6 Å². The van der Waals surface area contributed by atoms with Crippen LogP contribution in [0.15, 0.2) is 57.2 Å². The van der Waals surface area contributed by atoms with E-state index in [0.717, 1.165) is 34.7 Å². The van der Waals surface area contributed by atoms with E-state index in [1.165, 1.54) is 0 Å². The van der Waals surface area contributed by atoms with Crippen molar-refractivity contribution in [1.82, 2.24) is 4.72 Å². The molecule has 5 nitrogen and oxygen atoms in total. The summed E-state index contributed by atoms with van der Waals surface area (Å²) in [4.78, 5) is 0.0805. The fourth-order valence-corrected chi connectivity index (χ4v) is 5.91. The van der Waals surface area contributed by atoms with Crippen molar-refractivity contribution in [3.05, 3.63) is 53.1 Å². The first-order valence-electron chi connectivity index (χ1n) is 7.68. The van der Waals surface area contributed by atoms with Gasteiger partial charge in [-0.2, -0.15) is 8.78 Å². The topological polar surface area (TPSA) is 80.3 Å². The molecule has 0 aliphatic carbocycles. The second-order valence-electron chi connectivity index (χ2n) is 5.77. The van der Waals surface area contributed by atoms with Gasteiger partial charge in [0.05, 0.1) is 9.79 Å².